The van der Waals surface area contributed by atoms with Crippen LogP contribution in [-0.4, -0.2) is 39.0 Å². The van der Waals surface area contributed by atoms with Gasteiger partial charge < -0.3 is 9.80 Å². The second kappa shape index (κ2) is 15.4. The molecule has 2 aliphatic heterocycles. The molecule has 0 aromatic heterocycles. The first kappa shape index (κ1) is 43.8. The molecule has 11 rings (SSSR count). The third-order valence-electron chi connectivity index (χ3n) is 14.9. The molecule has 7 heteroatoms. The molecule has 0 spiro atoms. The number of anilines is 6. The van der Waals surface area contributed by atoms with Gasteiger partial charge in [-0.2, -0.15) is 0 Å². The van der Waals surface area contributed by atoms with Crippen LogP contribution in [0.3, 0.4) is 0 Å². The quantitative estimate of drug-likeness (QED) is 0.116. The van der Waals surface area contributed by atoms with Crippen molar-refractivity contribution in [1.82, 2.24) is 0 Å². The van der Waals surface area contributed by atoms with Gasteiger partial charge in [-0.05, 0) is 114 Å². The van der Waals surface area contributed by atoms with Crippen molar-refractivity contribution in [3.8, 4) is 11.1 Å². The van der Waals surface area contributed by atoms with E-state index < -0.39 is 32.3 Å². The van der Waals surface area contributed by atoms with Crippen LogP contribution in [0.4, 0.5) is 34.1 Å². The smallest absolute Gasteiger partial charge is 0.252 e. The highest BCUT2D eigenvalue weighted by Gasteiger charge is 2.44. The average Bonchev–Trinajstić information content (AvgIpc) is 3.30. The fraction of sp³-hybridized carbons (Fsp3) is 0.200. The number of nitrogens with zero attached hydrogens (tertiary/aromatic N) is 2. The zero-order valence-corrected chi connectivity index (χ0v) is 45.6. The Morgan fingerprint density at radius 3 is 1.04 bits per heavy atom. The van der Waals surface area contributed by atoms with Crippen LogP contribution in [0.5, 0.6) is 0 Å². The molecule has 67 heavy (non-hydrogen) atoms. The molecule has 0 amide bonds. The van der Waals surface area contributed by atoms with Crippen molar-refractivity contribution in [3.05, 3.63) is 164 Å². The van der Waals surface area contributed by atoms with Gasteiger partial charge in [-0.25, -0.2) is 0 Å². The van der Waals surface area contributed by atoms with Gasteiger partial charge in [0.1, 0.15) is 0 Å². The van der Waals surface area contributed by atoms with Crippen LogP contribution in [0.25, 0.3) is 43.4 Å². The topological polar surface area (TPSA) is 6.48 Å². The van der Waals surface area contributed by atoms with Gasteiger partial charge >= 0.3 is 0 Å². The number of hydrogen-bond acceptors (Lipinski definition) is 2. The molecule has 0 fully saturated rings. The Balaban J connectivity index is 1.26. The summed E-state index contributed by atoms with van der Waals surface area (Å²) in [5.74, 6) is 0. The van der Waals surface area contributed by atoms with Crippen LogP contribution >= 0.6 is 0 Å². The molecule has 2 aliphatic rings. The van der Waals surface area contributed by atoms with Gasteiger partial charge in [0, 0.05) is 34.1 Å². The van der Waals surface area contributed by atoms with E-state index in [1.54, 1.807) is 0 Å². The molecule has 2 nitrogen and oxygen atoms in total. The van der Waals surface area contributed by atoms with E-state index in [9.17, 15) is 0 Å². The SMILES string of the molecule is C[Si](C)(C)c1ccc(N2c3cc([Si](C)(C)C)ccc3B3c4ccc([Si](C)(C)C)cc4N(c4ccc([Si](C)(C)C)cc4)c4cc(-c5ccc6c7ccccc7c7ccccc7c6c5)cc2c43)cc1. The maximum Gasteiger partial charge on any atom is 0.252 e. The monoisotopic (exact) mass is 934 g/mol. The third-order valence-corrected chi connectivity index (χ3v) is 23.1. The highest BCUT2D eigenvalue weighted by Crippen LogP contribution is 2.47. The Bertz CT molecular complexity index is 3280. The number of hydrogen-bond donors (Lipinski definition) is 0. The van der Waals surface area contributed by atoms with E-state index in [2.05, 4.69) is 252 Å². The van der Waals surface area contributed by atoms with Gasteiger partial charge in [-0.1, -0.05) is 209 Å². The standard InChI is InChI=1S/C60H63BN2Si4/c1-64(2,3)44-26-22-42(23-27-44)62-56-38-46(66(7,8)9)30-33-54(56)61-55-34-31-47(67(10,11)12)39-57(55)63(43-24-28-45(29-25-43)65(4,5)6)59-37-41(36-58(62)60(59)61)40-21-32-52-50-19-14-13-17-48(50)49-18-15-16-20-51(49)53(52)35-40/h13-39H,1-12H3. The molecular weight excluding hydrogens is 872 g/mol. The summed E-state index contributed by atoms with van der Waals surface area (Å²) >= 11 is 0. The predicted octanol–water partition coefficient (Wildman–Crippen LogP) is 13.1. The van der Waals surface area contributed by atoms with Crippen molar-refractivity contribution in [2.24, 2.45) is 0 Å². The fourth-order valence-corrected chi connectivity index (χ4v) is 15.6. The molecule has 0 unspecified atom stereocenters. The van der Waals surface area contributed by atoms with Crippen molar-refractivity contribution < 1.29 is 0 Å². The largest absolute Gasteiger partial charge is 0.311 e. The highest BCUT2D eigenvalue weighted by molar-refractivity contribution is 7.01. The summed E-state index contributed by atoms with van der Waals surface area (Å²) in [6, 6.07) is 64.7. The van der Waals surface area contributed by atoms with E-state index in [-0.39, 0.29) is 6.71 Å². The van der Waals surface area contributed by atoms with Crippen molar-refractivity contribution in [2.75, 3.05) is 9.80 Å². The van der Waals surface area contributed by atoms with Crippen molar-refractivity contribution in [1.29, 1.82) is 0 Å². The Morgan fingerprint density at radius 1 is 0.299 bits per heavy atom. The normalized spacial score (nSPS) is 13.9. The zero-order valence-electron chi connectivity index (χ0n) is 41.6. The lowest BCUT2D eigenvalue weighted by Crippen LogP contribution is -2.62. The van der Waals surface area contributed by atoms with Crippen LogP contribution in [-0.2, 0) is 0 Å². The lowest BCUT2D eigenvalue weighted by Gasteiger charge is -2.45. The summed E-state index contributed by atoms with van der Waals surface area (Å²) in [5, 5.41) is 13.7. The number of rotatable bonds is 7. The van der Waals surface area contributed by atoms with Crippen molar-refractivity contribution >= 4 is 143 Å². The van der Waals surface area contributed by atoms with E-state index >= 15 is 0 Å². The summed E-state index contributed by atoms with van der Waals surface area (Å²) < 4.78 is 0. The van der Waals surface area contributed by atoms with Crippen molar-refractivity contribution in [2.45, 2.75) is 78.6 Å². The Labute approximate surface area is 403 Å². The first-order valence-electron chi connectivity index (χ1n) is 24.4. The summed E-state index contributed by atoms with van der Waals surface area (Å²) in [6.07, 6.45) is 0. The minimum absolute atomic E-state index is 0.0670. The van der Waals surface area contributed by atoms with Gasteiger partial charge in [0.25, 0.3) is 6.71 Å². The van der Waals surface area contributed by atoms with E-state index in [4.69, 9.17) is 0 Å². The van der Waals surface area contributed by atoms with E-state index in [1.165, 1.54) is 115 Å². The summed E-state index contributed by atoms with van der Waals surface area (Å²) in [4.78, 5) is 5.29. The van der Waals surface area contributed by atoms with Crippen molar-refractivity contribution in [3.63, 3.8) is 0 Å². The van der Waals surface area contributed by atoms with Crippen LogP contribution in [0.1, 0.15) is 0 Å². The third kappa shape index (κ3) is 7.32. The summed E-state index contributed by atoms with van der Waals surface area (Å²) in [6.45, 7) is 29.7. The molecule has 9 aromatic carbocycles. The van der Waals surface area contributed by atoms with E-state index in [1.807, 2.05) is 0 Å². The van der Waals surface area contributed by atoms with E-state index in [0.29, 0.717) is 0 Å². The molecule has 0 radical (unpaired) electrons. The minimum Gasteiger partial charge on any atom is -0.311 e. The molecule has 332 valence electrons. The first-order valence-corrected chi connectivity index (χ1v) is 38.4. The lowest BCUT2D eigenvalue weighted by atomic mass is 9.33. The molecule has 0 atom stereocenters. The summed E-state index contributed by atoms with van der Waals surface area (Å²) in [5.41, 5.74) is 14.2. The van der Waals surface area contributed by atoms with Crippen LogP contribution < -0.4 is 46.9 Å². The molecule has 0 N–H and O–H groups in total. The van der Waals surface area contributed by atoms with Gasteiger partial charge in [-0.15, -0.1) is 0 Å². The Kier molecular flexibility index (Phi) is 10.1. The number of benzene rings is 9. The second-order valence-corrected chi connectivity index (χ2v) is 43.8. The zero-order chi connectivity index (χ0) is 46.9. The Morgan fingerprint density at radius 2 is 0.657 bits per heavy atom. The molecule has 2 heterocycles. The average molecular weight is 935 g/mol. The predicted molar refractivity (Wildman–Crippen MR) is 310 cm³/mol. The van der Waals surface area contributed by atoms with Gasteiger partial charge in [0.05, 0.1) is 32.3 Å². The first-order chi connectivity index (χ1) is 31.8. The number of fused-ring (bicyclic) bond motifs is 10. The molecule has 9 aromatic rings. The fourth-order valence-electron chi connectivity index (χ4n) is 11.0. The van der Waals surface area contributed by atoms with Gasteiger partial charge in [0.15, 0.2) is 0 Å². The van der Waals surface area contributed by atoms with Gasteiger partial charge in [0.2, 0.25) is 0 Å². The maximum absolute atomic E-state index is 2.64. The molecule has 0 saturated heterocycles. The van der Waals surface area contributed by atoms with Crippen LogP contribution in [0.15, 0.2) is 164 Å². The lowest BCUT2D eigenvalue weighted by molar-refractivity contribution is 1.26. The van der Waals surface area contributed by atoms with Crippen LogP contribution in [0.2, 0.25) is 78.6 Å². The Hall–Kier alpha value is -5.71. The molecular formula is C60H63BN2Si4. The maximum atomic E-state index is 2.64. The van der Waals surface area contributed by atoms with Crippen LogP contribution in [0, 0.1) is 0 Å². The second-order valence-electron chi connectivity index (χ2n) is 23.5. The highest BCUT2D eigenvalue weighted by atomic mass is 28.3. The molecule has 0 saturated carbocycles. The molecule has 0 aliphatic carbocycles. The summed E-state index contributed by atoms with van der Waals surface area (Å²) in [7, 11) is -6.50. The minimum atomic E-state index is -1.71. The van der Waals surface area contributed by atoms with Gasteiger partial charge in [-0.3, -0.25) is 0 Å². The molecule has 0 bridgehead atoms. The van der Waals surface area contributed by atoms with E-state index in [0.717, 1.165) is 0 Å².